The molecule has 0 amide bonds. The normalized spacial score (nSPS) is 2.00. The van der Waals surface area contributed by atoms with Crippen molar-refractivity contribution in [3.8, 4) is 0 Å². The molecule has 0 aliphatic rings. The van der Waals surface area contributed by atoms with E-state index in [1.54, 1.807) is 0 Å². The summed E-state index contributed by atoms with van der Waals surface area (Å²) >= 11 is 0. The molecule has 0 heterocycles. The van der Waals surface area contributed by atoms with E-state index < -0.39 is 0 Å². The Hall–Kier alpha value is -0.560. The second-order valence-corrected chi connectivity index (χ2v) is 0. The molecule has 0 aliphatic heterocycles. The number of rotatable bonds is 0. The Morgan fingerprint density at radius 2 is 0.857 bits per heavy atom. The van der Waals surface area contributed by atoms with E-state index in [0.717, 1.165) is 7.11 Å². The number of aliphatic hydroxyl groups excluding tert-OH is 1. The molecule has 0 aliphatic carbocycles. The third-order valence-electron chi connectivity index (χ3n) is 0. The Balaban J connectivity index is -0.00000000900. The van der Waals surface area contributed by atoms with Crippen molar-refractivity contribution in [2.75, 3.05) is 7.11 Å². The van der Waals surface area contributed by atoms with Crippen LogP contribution in [-0.4, -0.2) is 12.2 Å². The van der Waals surface area contributed by atoms with Gasteiger partial charge in [-0.1, -0.05) is 7.43 Å². The van der Waals surface area contributed by atoms with Crippen LogP contribution in [0.1, 0.15) is 7.43 Å². The summed E-state index contributed by atoms with van der Waals surface area (Å²) in [6, 6.07) is 0. The van der Waals surface area contributed by atoms with Crippen LogP contribution in [0.15, 0.2) is 26.3 Å². The summed E-state index contributed by atoms with van der Waals surface area (Å²) in [6.07, 6.45) is 0. The molecule has 0 saturated carbocycles. The van der Waals surface area contributed by atoms with Gasteiger partial charge in [0.1, 0.15) is 0 Å². The minimum Gasteiger partial charge on any atom is -0.400 e. The number of aliphatic hydroxyl groups is 1. The van der Waals surface area contributed by atoms with E-state index in [1.807, 2.05) is 0 Å². The average Bonchev–Trinajstić information content (AvgIpc) is 1.81. The molecule has 1 heteroatoms. The van der Waals surface area contributed by atoms with Crippen LogP contribution in [0.3, 0.4) is 0 Å². The van der Waals surface area contributed by atoms with E-state index in [2.05, 4.69) is 26.3 Å². The van der Waals surface area contributed by atoms with Gasteiger partial charge in [0.05, 0.1) is 0 Å². The van der Waals surface area contributed by atoms with Crippen molar-refractivity contribution >= 4 is 0 Å². The predicted molar refractivity (Wildman–Crippen MR) is 37.4 cm³/mol. The number of hydrogen-bond donors (Lipinski definition) is 1. The van der Waals surface area contributed by atoms with Gasteiger partial charge < -0.3 is 5.11 Å². The Morgan fingerprint density at radius 3 is 0.857 bits per heavy atom. The second kappa shape index (κ2) is 342. The fourth-order valence-corrected chi connectivity index (χ4v) is 0. The van der Waals surface area contributed by atoms with Crippen molar-refractivity contribution in [2.45, 2.75) is 7.43 Å². The Morgan fingerprint density at radius 1 is 0.857 bits per heavy atom. The zero-order valence-electron chi connectivity index (χ0n) is 4.28. The molecule has 0 unspecified atom stereocenters. The molecule has 0 aromatic heterocycles. The second-order valence-electron chi connectivity index (χ2n) is 0. The lowest BCUT2D eigenvalue weighted by Gasteiger charge is -1.21. The molecule has 0 fully saturated rings. The molecule has 0 saturated heterocycles. The van der Waals surface area contributed by atoms with E-state index in [1.165, 1.54) is 0 Å². The first-order valence-corrected chi connectivity index (χ1v) is 1.45. The summed E-state index contributed by atoms with van der Waals surface area (Å²) in [5.41, 5.74) is 0. The first kappa shape index (κ1) is 32.0. The van der Waals surface area contributed by atoms with Gasteiger partial charge in [0.2, 0.25) is 0 Å². The van der Waals surface area contributed by atoms with Crippen LogP contribution in [-0.2, 0) is 0 Å². The van der Waals surface area contributed by atoms with Gasteiger partial charge in [0, 0.05) is 7.11 Å². The molecule has 0 atom stereocenters. The maximum absolute atomic E-state index is 7.00. The quantitative estimate of drug-likeness (QED) is 0.465. The van der Waals surface area contributed by atoms with Gasteiger partial charge in [-0.05, 0) is 0 Å². The predicted octanol–water partition coefficient (Wildman–Crippen LogP) is 1.85. The van der Waals surface area contributed by atoms with E-state index in [0.29, 0.717) is 0 Å². The summed E-state index contributed by atoms with van der Waals surface area (Å²) in [4.78, 5) is 0. The summed E-state index contributed by atoms with van der Waals surface area (Å²) in [6.45, 7) is 12.0. The largest absolute Gasteiger partial charge is 0.400 e. The van der Waals surface area contributed by atoms with Crippen LogP contribution < -0.4 is 0 Å². The molecule has 0 bridgehead atoms. The Bertz CT molecular complexity index is 6.14. The van der Waals surface area contributed by atoms with Gasteiger partial charge in [0.15, 0.2) is 0 Å². The minimum atomic E-state index is 0. The fourth-order valence-electron chi connectivity index (χ4n) is 0. The van der Waals surface area contributed by atoms with Crippen LogP contribution in [0.25, 0.3) is 0 Å². The first-order valence-electron chi connectivity index (χ1n) is 1.45. The van der Waals surface area contributed by atoms with Gasteiger partial charge >= 0.3 is 0 Å². The van der Waals surface area contributed by atoms with Crippen molar-refractivity contribution in [3.05, 3.63) is 26.3 Å². The molecule has 0 aromatic carbocycles. The van der Waals surface area contributed by atoms with Gasteiger partial charge in [-0.2, -0.15) is 0 Å². The number of hydrogen-bond acceptors (Lipinski definition) is 1. The smallest absolute Gasteiger partial charge is 0.0319 e. The van der Waals surface area contributed by atoms with E-state index in [9.17, 15) is 0 Å². The third-order valence-corrected chi connectivity index (χ3v) is 0. The maximum Gasteiger partial charge on any atom is 0.0319 e. The molecule has 46 valence electrons. The Labute approximate surface area is 47.0 Å². The third kappa shape index (κ3) is 205. The van der Waals surface area contributed by atoms with Crippen molar-refractivity contribution in [3.63, 3.8) is 0 Å². The lowest BCUT2D eigenvalue weighted by Crippen LogP contribution is -1.25. The molecule has 0 rings (SSSR count). The van der Waals surface area contributed by atoms with Crippen molar-refractivity contribution in [2.24, 2.45) is 0 Å². The van der Waals surface area contributed by atoms with E-state index >= 15 is 0 Å². The summed E-state index contributed by atoms with van der Waals surface area (Å²) < 4.78 is 0. The highest BCUT2D eigenvalue weighted by molar-refractivity contribution is 4.22. The van der Waals surface area contributed by atoms with Crippen LogP contribution in [0.4, 0.5) is 0 Å². The van der Waals surface area contributed by atoms with E-state index in [4.69, 9.17) is 5.11 Å². The lowest BCUT2D eigenvalue weighted by atomic mass is 11.3. The van der Waals surface area contributed by atoms with Gasteiger partial charge in [0.25, 0.3) is 0 Å². The molecule has 0 aromatic rings. The lowest BCUT2D eigenvalue weighted by molar-refractivity contribution is 0.399. The maximum atomic E-state index is 7.00. The fraction of sp³-hybridized carbons (Fsp3) is 0.333. The minimum absolute atomic E-state index is 0. The molecular weight excluding hydrogens is 88.1 g/mol. The molecular formula is C6H16O. The zero-order chi connectivity index (χ0) is 6.00. The Kier molecular flexibility index (Phi) is 1560. The summed E-state index contributed by atoms with van der Waals surface area (Å²) in [5.74, 6) is 0. The molecule has 1 nitrogen and oxygen atoms in total. The highest BCUT2D eigenvalue weighted by Crippen LogP contribution is 0.864. The zero-order valence-corrected chi connectivity index (χ0v) is 4.28. The van der Waals surface area contributed by atoms with Crippen molar-refractivity contribution < 1.29 is 5.11 Å². The summed E-state index contributed by atoms with van der Waals surface area (Å²) in [7, 11) is 1.00. The highest BCUT2D eigenvalue weighted by atomic mass is 16.2. The monoisotopic (exact) mass is 104 g/mol. The van der Waals surface area contributed by atoms with Crippen molar-refractivity contribution in [1.82, 2.24) is 0 Å². The van der Waals surface area contributed by atoms with Crippen LogP contribution >= 0.6 is 0 Å². The highest BCUT2D eigenvalue weighted by Gasteiger charge is 0.839. The van der Waals surface area contributed by atoms with Gasteiger partial charge in [-0.25, -0.2) is 0 Å². The first-order chi connectivity index (χ1) is 3.00. The van der Waals surface area contributed by atoms with Gasteiger partial charge in [-0.15, -0.1) is 26.3 Å². The molecule has 7 heavy (non-hydrogen) atoms. The standard InChI is InChI=1S/2C2H4.CH4O.CH4/c3*1-2;/h2*1-2H2;2H,1H3;1H4. The SMILES string of the molecule is C.C=C.C=C.CO. The van der Waals surface area contributed by atoms with Crippen LogP contribution in [0.2, 0.25) is 0 Å². The topological polar surface area (TPSA) is 20.2 Å². The average molecular weight is 104 g/mol. The van der Waals surface area contributed by atoms with Crippen LogP contribution in [0.5, 0.6) is 0 Å². The molecule has 1 N–H and O–H groups in total. The van der Waals surface area contributed by atoms with Crippen molar-refractivity contribution in [1.29, 1.82) is 0 Å². The van der Waals surface area contributed by atoms with E-state index in [-0.39, 0.29) is 7.43 Å². The molecule has 0 spiro atoms. The van der Waals surface area contributed by atoms with Gasteiger partial charge in [-0.3, -0.25) is 0 Å². The molecule has 0 radical (unpaired) electrons. The van der Waals surface area contributed by atoms with Crippen LogP contribution in [0, 0.1) is 0 Å². The summed E-state index contributed by atoms with van der Waals surface area (Å²) in [5, 5.41) is 7.00.